The molecule has 1 atom stereocenters. The number of aryl methyl sites for hydroxylation is 1. The Morgan fingerprint density at radius 1 is 1.50 bits per heavy atom. The quantitative estimate of drug-likeness (QED) is 0.791. The minimum atomic E-state index is 0.458. The van der Waals surface area contributed by atoms with Crippen molar-refractivity contribution in [2.75, 3.05) is 13.1 Å². The Hall–Kier alpha value is -1.58. The van der Waals surface area contributed by atoms with Gasteiger partial charge in [0.05, 0.1) is 6.54 Å². The number of hydrogen-bond acceptors (Lipinski definition) is 4. The molecule has 2 N–H and O–H groups in total. The number of nitrogens with one attached hydrogen (secondary N) is 2. The van der Waals surface area contributed by atoms with Crippen molar-refractivity contribution >= 4 is 5.96 Å². The number of guanidine groups is 1. The molecule has 2 rings (SSSR count). The zero-order chi connectivity index (χ0) is 11.4. The maximum Gasteiger partial charge on any atom is 0.191 e. The molecular weight excluding hydrogens is 200 g/mol. The SMILES string of the molecule is Cc1ccc(CCNC2=NCC(C)N2)nc1. The second-order valence-electron chi connectivity index (χ2n) is 4.24. The fraction of sp³-hybridized carbons (Fsp3) is 0.500. The summed E-state index contributed by atoms with van der Waals surface area (Å²) in [6.07, 6.45) is 2.83. The predicted molar refractivity (Wildman–Crippen MR) is 65.6 cm³/mol. The highest BCUT2D eigenvalue weighted by molar-refractivity contribution is 5.81. The lowest BCUT2D eigenvalue weighted by molar-refractivity contribution is 0.711. The summed E-state index contributed by atoms with van der Waals surface area (Å²) < 4.78 is 0. The molecule has 0 saturated carbocycles. The molecule has 2 heterocycles. The van der Waals surface area contributed by atoms with Gasteiger partial charge in [0.25, 0.3) is 0 Å². The van der Waals surface area contributed by atoms with Gasteiger partial charge in [0, 0.05) is 30.9 Å². The summed E-state index contributed by atoms with van der Waals surface area (Å²) in [6.45, 7) is 5.91. The molecule has 1 aromatic heterocycles. The maximum absolute atomic E-state index is 4.36. The molecular formula is C12H18N4. The predicted octanol–water partition coefficient (Wildman–Crippen LogP) is 0.870. The molecule has 0 bridgehead atoms. The Bertz CT molecular complexity index is 369. The van der Waals surface area contributed by atoms with Crippen LogP contribution in [-0.4, -0.2) is 30.1 Å². The first-order valence-corrected chi connectivity index (χ1v) is 5.70. The summed E-state index contributed by atoms with van der Waals surface area (Å²) in [7, 11) is 0. The summed E-state index contributed by atoms with van der Waals surface area (Å²) in [5.41, 5.74) is 2.32. The van der Waals surface area contributed by atoms with Gasteiger partial charge in [-0.2, -0.15) is 0 Å². The molecule has 0 saturated heterocycles. The third-order valence-electron chi connectivity index (χ3n) is 2.55. The topological polar surface area (TPSA) is 49.3 Å². The highest BCUT2D eigenvalue weighted by atomic mass is 15.2. The van der Waals surface area contributed by atoms with Gasteiger partial charge in [-0.3, -0.25) is 9.98 Å². The highest BCUT2D eigenvalue weighted by Crippen LogP contribution is 1.99. The van der Waals surface area contributed by atoms with Gasteiger partial charge in [0.15, 0.2) is 5.96 Å². The van der Waals surface area contributed by atoms with Crippen LogP contribution in [0.25, 0.3) is 0 Å². The van der Waals surface area contributed by atoms with Crippen LogP contribution in [0.1, 0.15) is 18.2 Å². The van der Waals surface area contributed by atoms with Gasteiger partial charge in [-0.25, -0.2) is 0 Å². The summed E-state index contributed by atoms with van der Waals surface area (Å²) in [5, 5.41) is 6.54. The zero-order valence-electron chi connectivity index (χ0n) is 9.83. The van der Waals surface area contributed by atoms with Gasteiger partial charge >= 0.3 is 0 Å². The third-order valence-corrected chi connectivity index (χ3v) is 2.55. The van der Waals surface area contributed by atoms with Crippen LogP contribution < -0.4 is 10.6 Å². The van der Waals surface area contributed by atoms with E-state index in [0.29, 0.717) is 6.04 Å². The first-order valence-electron chi connectivity index (χ1n) is 5.70. The van der Waals surface area contributed by atoms with Crippen molar-refractivity contribution in [2.24, 2.45) is 4.99 Å². The summed E-state index contributed by atoms with van der Waals surface area (Å²) in [6, 6.07) is 4.62. The molecule has 1 unspecified atom stereocenters. The Balaban J connectivity index is 1.74. The van der Waals surface area contributed by atoms with Crippen LogP contribution in [-0.2, 0) is 6.42 Å². The van der Waals surface area contributed by atoms with Crippen LogP contribution in [0, 0.1) is 6.92 Å². The lowest BCUT2D eigenvalue weighted by Gasteiger charge is -2.08. The van der Waals surface area contributed by atoms with E-state index in [4.69, 9.17) is 0 Å². The fourth-order valence-electron chi connectivity index (χ4n) is 1.62. The number of aliphatic imine (C=N–C) groups is 1. The average Bonchev–Trinajstić information content (AvgIpc) is 2.67. The Labute approximate surface area is 96.2 Å². The molecule has 1 aromatic rings. The minimum absolute atomic E-state index is 0.458. The van der Waals surface area contributed by atoms with E-state index in [0.717, 1.165) is 31.2 Å². The minimum Gasteiger partial charge on any atom is -0.356 e. The Morgan fingerprint density at radius 3 is 3.00 bits per heavy atom. The first kappa shape index (κ1) is 10.9. The monoisotopic (exact) mass is 218 g/mol. The third kappa shape index (κ3) is 2.95. The van der Waals surface area contributed by atoms with Gasteiger partial charge in [-0.1, -0.05) is 6.07 Å². The number of hydrogen-bond donors (Lipinski definition) is 2. The average molecular weight is 218 g/mol. The smallest absolute Gasteiger partial charge is 0.191 e. The molecule has 0 amide bonds. The van der Waals surface area contributed by atoms with Crippen molar-refractivity contribution in [3.05, 3.63) is 29.6 Å². The molecule has 16 heavy (non-hydrogen) atoms. The summed E-state index contributed by atoms with van der Waals surface area (Å²) in [5.74, 6) is 0.916. The second kappa shape index (κ2) is 4.96. The van der Waals surface area contributed by atoms with Crippen LogP contribution >= 0.6 is 0 Å². The molecule has 86 valence electrons. The van der Waals surface area contributed by atoms with Crippen molar-refractivity contribution in [3.8, 4) is 0 Å². The molecule has 0 spiro atoms. The van der Waals surface area contributed by atoms with Gasteiger partial charge in [-0.05, 0) is 25.5 Å². The van der Waals surface area contributed by atoms with Crippen LogP contribution in [0.5, 0.6) is 0 Å². The van der Waals surface area contributed by atoms with E-state index in [1.807, 2.05) is 13.1 Å². The van der Waals surface area contributed by atoms with Gasteiger partial charge in [-0.15, -0.1) is 0 Å². The van der Waals surface area contributed by atoms with E-state index >= 15 is 0 Å². The second-order valence-corrected chi connectivity index (χ2v) is 4.24. The molecule has 1 aliphatic heterocycles. The van der Waals surface area contributed by atoms with E-state index in [1.165, 1.54) is 5.56 Å². The first-order chi connectivity index (χ1) is 7.74. The molecule has 0 fully saturated rings. The number of aromatic nitrogens is 1. The Morgan fingerprint density at radius 2 is 2.38 bits per heavy atom. The van der Waals surface area contributed by atoms with Crippen LogP contribution in [0.2, 0.25) is 0 Å². The molecule has 4 heteroatoms. The van der Waals surface area contributed by atoms with Crippen molar-refractivity contribution < 1.29 is 0 Å². The van der Waals surface area contributed by atoms with Crippen molar-refractivity contribution in [1.82, 2.24) is 15.6 Å². The molecule has 0 aromatic carbocycles. The molecule has 0 aliphatic carbocycles. The van der Waals surface area contributed by atoms with E-state index in [9.17, 15) is 0 Å². The van der Waals surface area contributed by atoms with Crippen molar-refractivity contribution in [2.45, 2.75) is 26.3 Å². The number of rotatable bonds is 3. The van der Waals surface area contributed by atoms with Crippen LogP contribution in [0.3, 0.4) is 0 Å². The number of nitrogens with zero attached hydrogens (tertiary/aromatic N) is 2. The molecule has 4 nitrogen and oxygen atoms in total. The van der Waals surface area contributed by atoms with Gasteiger partial charge in [0.2, 0.25) is 0 Å². The van der Waals surface area contributed by atoms with Gasteiger partial charge < -0.3 is 10.6 Å². The fourth-order valence-corrected chi connectivity index (χ4v) is 1.62. The van der Waals surface area contributed by atoms with Crippen molar-refractivity contribution in [1.29, 1.82) is 0 Å². The largest absolute Gasteiger partial charge is 0.356 e. The van der Waals surface area contributed by atoms with E-state index in [2.05, 4.69) is 39.7 Å². The standard InChI is InChI=1S/C12H18N4/c1-9-3-4-11(14-7-9)5-6-13-12-15-8-10(2)16-12/h3-4,7,10H,5-6,8H2,1-2H3,(H2,13,15,16). The van der Waals surface area contributed by atoms with E-state index in [-0.39, 0.29) is 0 Å². The van der Waals surface area contributed by atoms with E-state index < -0.39 is 0 Å². The summed E-state index contributed by atoms with van der Waals surface area (Å²) >= 11 is 0. The highest BCUT2D eigenvalue weighted by Gasteiger charge is 2.10. The van der Waals surface area contributed by atoms with Crippen LogP contribution in [0.15, 0.2) is 23.3 Å². The summed E-state index contributed by atoms with van der Waals surface area (Å²) in [4.78, 5) is 8.69. The zero-order valence-corrected chi connectivity index (χ0v) is 9.83. The normalized spacial score (nSPS) is 19.1. The van der Waals surface area contributed by atoms with Crippen LogP contribution in [0.4, 0.5) is 0 Å². The van der Waals surface area contributed by atoms with E-state index in [1.54, 1.807) is 0 Å². The molecule has 0 radical (unpaired) electrons. The lowest BCUT2D eigenvalue weighted by Crippen LogP contribution is -2.38. The maximum atomic E-state index is 4.36. The van der Waals surface area contributed by atoms with Gasteiger partial charge in [0.1, 0.15) is 0 Å². The van der Waals surface area contributed by atoms with Crippen molar-refractivity contribution in [3.63, 3.8) is 0 Å². The Kier molecular flexibility index (Phi) is 3.39. The lowest BCUT2D eigenvalue weighted by atomic mass is 10.2. The molecule has 1 aliphatic rings. The number of pyridine rings is 1.